The molecule has 0 saturated carbocycles. The second-order valence-corrected chi connectivity index (χ2v) is 5.31. The lowest BCUT2D eigenvalue weighted by Crippen LogP contribution is -2.46. The molecule has 104 valence electrons. The minimum absolute atomic E-state index is 0.0309. The Morgan fingerprint density at radius 1 is 1.30 bits per heavy atom. The van der Waals surface area contributed by atoms with E-state index in [1.807, 2.05) is 6.07 Å². The summed E-state index contributed by atoms with van der Waals surface area (Å²) in [5, 5.41) is 6.48. The molecule has 2 N–H and O–H groups in total. The predicted octanol–water partition coefficient (Wildman–Crippen LogP) is 1.50. The van der Waals surface area contributed by atoms with Gasteiger partial charge in [-0.25, -0.2) is 0 Å². The molecule has 5 heteroatoms. The van der Waals surface area contributed by atoms with Crippen LogP contribution in [0.1, 0.15) is 30.1 Å². The molecule has 20 heavy (non-hydrogen) atoms. The normalized spacial score (nSPS) is 22.6. The van der Waals surface area contributed by atoms with Crippen molar-refractivity contribution in [2.75, 3.05) is 6.54 Å². The van der Waals surface area contributed by atoms with Gasteiger partial charge in [0.2, 0.25) is 0 Å². The summed E-state index contributed by atoms with van der Waals surface area (Å²) in [6, 6.07) is 6.13. The van der Waals surface area contributed by atoms with Crippen LogP contribution in [0.3, 0.4) is 0 Å². The van der Waals surface area contributed by atoms with Gasteiger partial charge in [-0.15, -0.1) is 0 Å². The van der Waals surface area contributed by atoms with Crippen molar-refractivity contribution in [2.24, 2.45) is 0 Å². The molecule has 1 amide bonds. The Morgan fingerprint density at radius 3 is 2.90 bits per heavy atom. The Balaban J connectivity index is 1.75. The minimum atomic E-state index is -0.0309. The van der Waals surface area contributed by atoms with E-state index in [0.29, 0.717) is 11.6 Å². The minimum Gasteiger partial charge on any atom is -0.349 e. The van der Waals surface area contributed by atoms with Crippen LogP contribution in [0.4, 0.5) is 0 Å². The van der Waals surface area contributed by atoms with Crippen LogP contribution in [-0.4, -0.2) is 34.5 Å². The van der Waals surface area contributed by atoms with Gasteiger partial charge in [0.05, 0.1) is 11.0 Å². The van der Waals surface area contributed by atoms with Crippen molar-refractivity contribution in [2.45, 2.75) is 31.8 Å². The molecule has 1 aromatic heterocycles. The van der Waals surface area contributed by atoms with Gasteiger partial charge in [0.15, 0.2) is 0 Å². The smallest absolute Gasteiger partial charge is 0.251 e. The van der Waals surface area contributed by atoms with E-state index in [2.05, 4.69) is 27.5 Å². The van der Waals surface area contributed by atoms with Crippen LogP contribution < -0.4 is 10.6 Å². The van der Waals surface area contributed by atoms with Gasteiger partial charge >= 0.3 is 0 Å². The lowest BCUT2D eigenvalue weighted by Gasteiger charge is -2.28. The number of benzene rings is 1. The largest absolute Gasteiger partial charge is 0.349 e. The number of carbonyl (C=O) groups excluding carboxylic acids is 1. The van der Waals surface area contributed by atoms with Crippen LogP contribution in [-0.2, 0) is 0 Å². The molecule has 1 fully saturated rings. The number of fused-ring (bicyclic) bond motifs is 1. The van der Waals surface area contributed by atoms with Crippen molar-refractivity contribution >= 4 is 16.9 Å². The van der Waals surface area contributed by atoms with Crippen LogP contribution in [0.25, 0.3) is 11.0 Å². The first-order valence-electron chi connectivity index (χ1n) is 6.97. The first-order chi connectivity index (χ1) is 9.72. The quantitative estimate of drug-likeness (QED) is 0.868. The van der Waals surface area contributed by atoms with Gasteiger partial charge in [-0.1, -0.05) is 0 Å². The first kappa shape index (κ1) is 13.0. The number of hydrogen-bond acceptors (Lipinski definition) is 4. The number of rotatable bonds is 2. The number of piperidine rings is 1. The highest BCUT2D eigenvalue weighted by Crippen LogP contribution is 2.13. The number of carbonyl (C=O) groups is 1. The lowest BCUT2D eigenvalue weighted by molar-refractivity contribution is 0.0926. The molecule has 2 aromatic rings. The third-order valence-corrected chi connectivity index (χ3v) is 3.69. The summed E-state index contributed by atoms with van der Waals surface area (Å²) >= 11 is 0. The Kier molecular flexibility index (Phi) is 3.60. The summed E-state index contributed by atoms with van der Waals surface area (Å²) in [5.41, 5.74) is 2.20. The molecule has 2 atom stereocenters. The van der Waals surface area contributed by atoms with E-state index in [1.54, 1.807) is 24.5 Å². The van der Waals surface area contributed by atoms with E-state index in [1.165, 1.54) is 0 Å². The molecule has 1 aromatic carbocycles. The summed E-state index contributed by atoms with van der Waals surface area (Å²) < 4.78 is 0. The SMILES string of the molecule is CC1CC(NC(=O)c2ccc3nccnc3c2)CCN1. The molecule has 2 unspecified atom stereocenters. The molecule has 3 rings (SSSR count). The average Bonchev–Trinajstić information content (AvgIpc) is 2.47. The summed E-state index contributed by atoms with van der Waals surface area (Å²) in [7, 11) is 0. The third-order valence-electron chi connectivity index (χ3n) is 3.69. The first-order valence-corrected chi connectivity index (χ1v) is 6.97. The molecule has 1 aliphatic rings. The summed E-state index contributed by atoms with van der Waals surface area (Å²) in [6.45, 7) is 3.10. The summed E-state index contributed by atoms with van der Waals surface area (Å²) in [6.07, 6.45) is 5.24. The lowest BCUT2D eigenvalue weighted by atomic mass is 10.00. The number of nitrogens with zero attached hydrogens (tertiary/aromatic N) is 2. The maximum absolute atomic E-state index is 12.3. The molecule has 0 bridgehead atoms. The maximum Gasteiger partial charge on any atom is 0.251 e. The van der Waals surface area contributed by atoms with Crippen LogP contribution in [0.15, 0.2) is 30.6 Å². The molecule has 1 aliphatic heterocycles. The molecule has 1 saturated heterocycles. The maximum atomic E-state index is 12.3. The van der Waals surface area contributed by atoms with Gasteiger partial charge in [0, 0.05) is 30.0 Å². The molecular formula is C15H18N4O. The van der Waals surface area contributed by atoms with Crippen LogP contribution in [0, 0.1) is 0 Å². The zero-order valence-corrected chi connectivity index (χ0v) is 11.5. The molecule has 2 heterocycles. The van der Waals surface area contributed by atoms with Gasteiger partial charge in [0.25, 0.3) is 5.91 Å². The number of aromatic nitrogens is 2. The average molecular weight is 270 g/mol. The highest BCUT2D eigenvalue weighted by molar-refractivity contribution is 5.97. The predicted molar refractivity (Wildman–Crippen MR) is 77.5 cm³/mol. The van der Waals surface area contributed by atoms with Crippen molar-refractivity contribution in [1.29, 1.82) is 0 Å². The van der Waals surface area contributed by atoms with E-state index in [0.717, 1.165) is 30.4 Å². The van der Waals surface area contributed by atoms with E-state index in [9.17, 15) is 4.79 Å². The highest BCUT2D eigenvalue weighted by atomic mass is 16.1. The van der Waals surface area contributed by atoms with Crippen molar-refractivity contribution in [1.82, 2.24) is 20.6 Å². The number of nitrogens with one attached hydrogen (secondary N) is 2. The summed E-state index contributed by atoms with van der Waals surface area (Å²) in [5.74, 6) is -0.0309. The van der Waals surface area contributed by atoms with Crippen LogP contribution >= 0.6 is 0 Å². The van der Waals surface area contributed by atoms with Crippen LogP contribution in [0.2, 0.25) is 0 Å². The fraction of sp³-hybridized carbons (Fsp3) is 0.400. The van der Waals surface area contributed by atoms with Gasteiger partial charge in [-0.3, -0.25) is 14.8 Å². The third kappa shape index (κ3) is 2.77. The molecule has 5 nitrogen and oxygen atoms in total. The highest BCUT2D eigenvalue weighted by Gasteiger charge is 2.20. The zero-order valence-electron chi connectivity index (χ0n) is 11.5. The second kappa shape index (κ2) is 5.54. The Bertz CT molecular complexity index is 628. The molecule has 0 radical (unpaired) electrons. The van der Waals surface area contributed by atoms with Crippen molar-refractivity contribution < 1.29 is 4.79 Å². The van der Waals surface area contributed by atoms with Crippen molar-refractivity contribution in [3.05, 3.63) is 36.2 Å². The second-order valence-electron chi connectivity index (χ2n) is 5.31. The Hall–Kier alpha value is -2.01. The topological polar surface area (TPSA) is 66.9 Å². The fourth-order valence-corrected chi connectivity index (χ4v) is 2.64. The van der Waals surface area contributed by atoms with Gasteiger partial charge in [-0.2, -0.15) is 0 Å². The summed E-state index contributed by atoms with van der Waals surface area (Å²) in [4.78, 5) is 20.7. The van der Waals surface area contributed by atoms with Crippen molar-refractivity contribution in [3.63, 3.8) is 0 Å². The van der Waals surface area contributed by atoms with E-state index in [4.69, 9.17) is 0 Å². The standard InChI is InChI=1S/C15H18N4O/c1-10-8-12(4-5-16-10)19-15(20)11-2-3-13-14(9-11)18-7-6-17-13/h2-3,6-7,9-10,12,16H,4-5,8H2,1H3,(H,19,20). The molecular weight excluding hydrogens is 252 g/mol. The number of hydrogen-bond donors (Lipinski definition) is 2. The van der Waals surface area contributed by atoms with E-state index >= 15 is 0 Å². The zero-order chi connectivity index (χ0) is 13.9. The van der Waals surface area contributed by atoms with Gasteiger partial charge in [0.1, 0.15) is 0 Å². The Labute approximate surface area is 117 Å². The number of amides is 1. The van der Waals surface area contributed by atoms with E-state index < -0.39 is 0 Å². The van der Waals surface area contributed by atoms with Gasteiger partial charge < -0.3 is 10.6 Å². The van der Waals surface area contributed by atoms with Crippen LogP contribution in [0.5, 0.6) is 0 Å². The van der Waals surface area contributed by atoms with Gasteiger partial charge in [-0.05, 0) is 44.5 Å². The molecule has 0 spiro atoms. The Morgan fingerprint density at radius 2 is 2.10 bits per heavy atom. The molecule has 0 aliphatic carbocycles. The fourth-order valence-electron chi connectivity index (χ4n) is 2.64. The van der Waals surface area contributed by atoms with Crippen molar-refractivity contribution in [3.8, 4) is 0 Å². The monoisotopic (exact) mass is 270 g/mol. The van der Waals surface area contributed by atoms with E-state index in [-0.39, 0.29) is 11.9 Å².